The number of likely N-dealkylation sites (N-methyl/N-ethyl adjacent to an activating group) is 1. The van der Waals surface area contributed by atoms with Crippen molar-refractivity contribution < 1.29 is 22.4 Å². The average Bonchev–Trinajstić information content (AvgIpc) is 3.08. The fraction of sp³-hybridized carbons (Fsp3) is 0.350. The molecule has 1 fully saturated rings. The number of hydrogen-bond donors (Lipinski definition) is 1. The van der Waals surface area contributed by atoms with E-state index in [1.54, 1.807) is 6.07 Å². The number of aryl methyl sites for hydroxylation is 1. The van der Waals surface area contributed by atoms with Gasteiger partial charge in [0.05, 0.1) is 10.6 Å². The molecule has 2 atom stereocenters. The molecule has 1 aromatic carbocycles. The number of alkyl halides is 3. The molecule has 0 spiro atoms. The van der Waals surface area contributed by atoms with E-state index in [1.807, 2.05) is 0 Å². The van der Waals surface area contributed by atoms with Crippen LogP contribution in [0.1, 0.15) is 23.2 Å². The Hall–Kier alpha value is -2.90. The first kappa shape index (κ1) is 22.8. The van der Waals surface area contributed by atoms with E-state index in [0.29, 0.717) is 6.42 Å². The Balaban J connectivity index is 2.05. The summed E-state index contributed by atoms with van der Waals surface area (Å²) in [4.78, 5) is 19.9. The van der Waals surface area contributed by atoms with Gasteiger partial charge < -0.3 is 15.5 Å². The predicted octanol–water partition coefficient (Wildman–Crippen LogP) is 3.64. The van der Waals surface area contributed by atoms with Gasteiger partial charge in [-0.2, -0.15) is 18.4 Å². The van der Waals surface area contributed by atoms with Crippen molar-refractivity contribution in [2.45, 2.75) is 31.6 Å². The minimum atomic E-state index is -4.77. The first-order valence-electron chi connectivity index (χ1n) is 9.19. The van der Waals surface area contributed by atoms with E-state index < -0.39 is 41.1 Å². The number of anilines is 2. The van der Waals surface area contributed by atoms with E-state index in [9.17, 15) is 27.6 Å². The van der Waals surface area contributed by atoms with E-state index in [2.05, 4.69) is 4.98 Å². The molecule has 0 aliphatic carbocycles. The number of amides is 1. The highest BCUT2D eigenvalue weighted by Gasteiger charge is 2.43. The van der Waals surface area contributed by atoms with Crippen molar-refractivity contribution in [3.05, 3.63) is 51.9 Å². The third kappa shape index (κ3) is 4.29. The smallest absolute Gasteiger partial charge is 0.342 e. The van der Waals surface area contributed by atoms with Crippen LogP contribution in [-0.2, 0) is 11.0 Å². The molecule has 0 unspecified atom stereocenters. The molecule has 0 bridgehead atoms. The summed E-state index contributed by atoms with van der Waals surface area (Å²) in [6.45, 7) is 1.51. The number of nitriles is 1. The third-order valence-electron chi connectivity index (χ3n) is 5.14. The molecule has 2 aromatic rings. The highest BCUT2D eigenvalue weighted by atomic mass is 35.5. The average molecular weight is 456 g/mol. The minimum absolute atomic E-state index is 0.0478. The van der Waals surface area contributed by atoms with E-state index >= 15 is 0 Å². The van der Waals surface area contributed by atoms with Gasteiger partial charge in [0.15, 0.2) is 0 Å². The summed E-state index contributed by atoms with van der Waals surface area (Å²) in [5.74, 6) is -1.45. The molecule has 0 radical (unpaired) electrons. The van der Waals surface area contributed by atoms with Crippen LogP contribution in [-0.4, -0.2) is 36.6 Å². The Morgan fingerprint density at radius 1 is 1.39 bits per heavy atom. The maximum atomic E-state index is 13.5. The van der Waals surface area contributed by atoms with Gasteiger partial charge in [0.25, 0.3) is 5.91 Å². The number of halogens is 5. The molecule has 164 valence electrons. The molecule has 1 aliphatic heterocycles. The van der Waals surface area contributed by atoms with Gasteiger partial charge in [-0.1, -0.05) is 11.6 Å². The second-order valence-corrected chi connectivity index (χ2v) is 7.61. The van der Waals surface area contributed by atoms with Crippen LogP contribution in [0.25, 0.3) is 0 Å². The Morgan fingerprint density at radius 2 is 2.06 bits per heavy atom. The zero-order valence-electron chi connectivity index (χ0n) is 16.5. The number of hydrogen-bond acceptors (Lipinski definition) is 5. The second-order valence-electron chi connectivity index (χ2n) is 7.21. The minimum Gasteiger partial charge on any atom is -0.342 e. The van der Waals surface area contributed by atoms with Crippen LogP contribution in [0, 0.1) is 24.1 Å². The van der Waals surface area contributed by atoms with Crippen molar-refractivity contribution in [2.24, 2.45) is 5.73 Å². The normalized spacial score (nSPS) is 18.7. The summed E-state index contributed by atoms with van der Waals surface area (Å²) >= 11 is 5.79. The largest absolute Gasteiger partial charge is 0.417 e. The molecule has 2 N–H and O–H groups in total. The van der Waals surface area contributed by atoms with Crippen LogP contribution in [0.2, 0.25) is 5.02 Å². The maximum absolute atomic E-state index is 13.5. The van der Waals surface area contributed by atoms with Gasteiger partial charge in [-0.25, -0.2) is 9.37 Å². The van der Waals surface area contributed by atoms with Gasteiger partial charge >= 0.3 is 6.18 Å². The second kappa shape index (κ2) is 8.32. The molecule has 2 heterocycles. The number of rotatable bonds is 3. The summed E-state index contributed by atoms with van der Waals surface area (Å²) in [5, 5.41) is 9.27. The van der Waals surface area contributed by atoms with Crippen LogP contribution in [0.15, 0.2) is 24.3 Å². The van der Waals surface area contributed by atoms with Crippen molar-refractivity contribution >= 4 is 29.0 Å². The molecule has 1 aromatic heterocycles. The third-order valence-corrected chi connectivity index (χ3v) is 5.43. The van der Waals surface area contributed by atoms with Crippen LogP contribution in [0.3, 0.4) is 0 Å². The number of carbonyl (C=O) groups is 1. The number of carbonyl (C=O) groups excluding carboxylic acids is 1. The van der Waals surface area contributed by atoms with Crippen LogP contribution in [0.5, 0.6) is 0 Å². The van der Waals surface area contributed by atoms with Crippen molar-refractivity contribution in [3.63, 3.8) is 0 Å². The molecule has 6 nitrogen and oxygen atoms in total. The molecule has 1 saturated heterocycles. The van der Waals surface area contributed by atoms with Crippen LogP contribution < -0.4 is 15.5 Å². The summed E-state index contributed by atoms with van der Waals surface area (Å²) in [7, 11) is 1.42. The van der Waals surface area contributed by atoms with Gasteiger partial charge in [0, 0.05) is 31.0 Å². The van der Waals surface area contributed by atoms with E-state index in [-0.39, 0.29) is 28.8 Å². The van der Waals surface area contributed by atoms with Crippen molar-refractivity contribution in [3.8, 4) is 6.07 Å². The summed E-state index contributed by atoms with van der Waals surface area (Å²) in [6.07, 6.45) is -4.47. The monoisotopic (exact) mass is 455 g/mol. The number of nitrogens with zero attached hydrogens (tertiary/aromatic N) is 4. The molecular weight excluding hydrogens is 438 g/mol. The number of pyridine rings is 1. The lowest BCUT2D eigenvalue weighted by molar-refractivity contribution is -0.137. The van der Waals surface area contributed by atoms with Gasteiger partial charge in [0.1, 0.15) is 29.3 Å². The molecule has 31 heavy (non-hydrogen) atoms. The summed E-state index contributed by atoms with van der Waals surface area (Å²) < 4.78 is 54.0. The fourth-order valence-electron chi connectivity index (χ4n) is 3.59. The van der Waals surface area contributed by atoms with Gasteiger partial charge in [-0.05, 0) is 37.6 Å². The maximum Gasteiger partial charge on any atom is 0.417 e. The Kier molecular flexibility index (Phi) is 6.11. The first-order valence-corrected chi connectivity index (χ1v) is 9.57. The van der Waals surface area contributed by atoms with E-state index in [1.165, 1.54) is 35.9 Å². The zero-order valence-corrected chi connectivity index (χ0v) is 17.3. The molecular formula is C20H18ClF4N5O. The highest BCUT2D eigenvalue weighted by molar-refractivity contribution is 6.31. The van der Waals surface area contributed by atoms with Crippen molar-refractivity contribution in [2.75, 3.05) is 23.4 Å². The quantitative estimate of drug-likeness (QED) is 0.714. The lowest BCUT2D eigenvalue weighted by Gasteiger charge is -2.31. The fourth-order valence-corrected chi connectivity index (χ4v) is 3.76. The predicted molar refractivity (Wildman–Crippen MR) is 107 cm³/mol. The van der Waals surface area contributed by atoms with E-state index in [4.69, 9.17) is 17.3 Å². The lowest BCUT2D eigenvalue weighted by atomic mass is 10.1. The Labute approximate surface area is 180 Å². The lowest BCUT2D eigenvalue weighted by Crippen LogP contribution is -2.52. The van der Waals surface area contributed by atoms with Crippen molar-refractivity contribution in [1.29, 1.82) is 5.26 Å². The first-order chi connectivity index (χ1) is 14.5. The number of benzene rings is 1. The Bertz CT molecular complexity index is 1070. The van der Waals surface area contributed by atoms with Crippen LogP contribution >= 0.6 is 11.6 Å². The molecule has 1 amide bonds. The molecule has 11 heteroatoms. The van der Waals surface area contributed by atoms with Crippen molar-refractivity contribution in [1.82, 2.24) is 4.98 Å². The van der Waals surface area contributed by atoms with Gasteiger partial charge in [0.2, 0.25) is 0 Å². The topological polar surface area (TPSA) is 86.2 Å². The SMILES string of the molecule is Cc1cc(C(F)(F)F)c(C#N)c(N2CC[C@@H](N)[C@H]2C(=O)N(C)c2ccc(F)c(Cl)c2)n1. The number of aromatic nitrogens is 1. The Morgan fingerprint density at radius 3 is 2.65 bits per heavy atom. The standard InChI is InChI=1S/C20H18ClF4N5O/c1-10-7-13(20(23,24)25)12(9-26)18(28-10)30-6-5-16(27)17(30)19(31)29(2)11-3-4-15(22)14(21)8-11/h3-4,7-8,16-17H,5-6,27H2,1-2H3/t16-,17+/m1/s1. The molecule has 3 rings (SSSR count). The van der Waals surface area contributed by atoms with Crippen LogP contribution in [0.4, 0.5) is 29.1 Å². The summed E-state index contributed by atoms with van der Waals surface area (Å²) in [6, 6.07) is 4.28. The van der Waals surface area contributed by atoms with Gasteiger partial charge in [-0.15, -0.1) is 0 Å². The summed E-state index contributed by atoms with van der Waals surface area (Å²) in [5.41, 5.74) is 4.66. The number of nitrogens with two attached hydrogens (primary N) is 1. The highest BCUT2D eigenvalue weighted by Crippen LogP contribution is 2.38. The molecule has 1 aliphatic rings. The van der Waals surface area contributed by atoms with E-state index in [0.717, 1.165) is 12.1 Å². The van der Waals surface area contributed by atoms with Gasteiger partial charge in [-0.3, -0.25) is 4.79 Å². The zero-order chi connectivity index (χ0) is 23.1. The molecule has 0 saturated carbocycles.